The lowest BCUT2D eigenvalue weighted by Crippen LogP contribution is -2.20. The predicted molar refractivity (Wildman–Crippen MR) is 64.1 cm³/mol. The maximum Gasteiger partial charge on any atom is 0.121 e. The van der Waals surface area contributed by atoms with Crippen LogP contribution in [0.2, 0.25) is 0 Å². The molecule has 1 heterocycles. The largest absolute Gasteiger partial charge is 0.495 e. The van der Waals surface area contributed by atoms with Crippen LogP contribution in [-0.2, 0) is 4.74 Å². The van der Waals surface area contributed by atoms with E-state index in [9.17, 15) is 5.11 Å². The monoisotopic (exact) mass is 218 g/mol. The Morgan fingerprint density at radius 2 is 2.06 bits per heavy atom. The van der Waals surface area contributed by atoms with Gasteiger partial charge in [-0.15, -0.1) is 0 Å². The van der Waals surface area contributed by atoms with Crippen LogP contribution in [0, 0.1) is 0 Å². The Hall–Kier alpha value is -1.28. The Kier molecular flexibility index (Phi) is 3.62. The number of hydrogen-bond donors (Lipinski definition) is 1. The number of aliphatic hydroxyl groups is 1. The SMILES string of the molecule is CCC(c1ccccc1)C(O)C1=CCCO1. The van der Waals surface area contributed by atoms with Gasteiger partial charge in [-0.2, -0.15) is 0 Å². The van der Waals surface area contributed by atoms with Crippen LogP contribution < -0.4 is 0 Å². The van der Waals surface area contributed by atoms with Crippen LogP contribution in [0.25, 0.3) is 0 Å². The Bertz CT molecular complexity index is 356. The van der Waals surface area contributed by atoms with Gasteiger partial charge in [0.2, 0.25) is 0 Å². The summed E-state index contributed by atoms with van der Waals surface area (Å²) in [5, 5.41) is 10.3. The first-order valence-corrected chi connectivity index (χ1v) is 5.88. The van der Waals surface area contributed by atoms with E-state index in [1.165, 1.54) is 5.56 Å². The standard InChI is InChI=1S/C14H18O2/c1-2-12(11-7-4-3-5-8-11)14(15)13-9-6-10-16-13/h3-5,7-9,12,14-15H,2,6,10H2,1H3. The second-order valence-corrected chi connectivity index (χ2v) is 4.11. The third-order valence-electron chi connectivity index (χ3n) is 3.07. The molecule has 0 saturated carbocycles. The fraction of sp³-hybridized carbons (Fsp3) is 0.429. The molecule has 16 heavy (non-hydrogen) atoms. The van der Waals surface area contributed by atoms with Crippen molar-refractivity contribution in [2.75, 3.05) is 6.61 Å². The van der Waals surface area contributed by atoms with Crippen LogP contribution in [0.3, 0.4) is 0 Å². The van der Waals surface area contributed by atoms with Crippen LogP contribution in [0.5, 0.6) is 0 Å². The van der Waals surface area contributed by atoms with E-state index in [1.807, 2.05) is 24.3 Å². The Morgan fingerprint density at radius 3 is 2.62 bits per heavy atom. The van der Waals surface area contributed by atoms with E-state index in [0.717, 1.165) is 18.6 Å². The predicted octanol–water partition coefficient (Wildman–Crippen LogP) is 2.85. The second-order valence-electron chi connectivity index (χ2n) is 4.11. The third kappa shape index (κ3) is 2.27. The summed E-state index contributed by atoms with van der Waals surface area (Å²) in [4.78, 5) is 0. The van der Waals surface area contributed by atoms with Crippen molar-refractivity contribution < 1.29 is 9.84 Å². The summed E-state index contributed by atoms with van der Waals surface area (Å²) >= 11 is 0. The molecule has 1 aromatic rings. The van der Waals surface area contributed by atoms with Gasteiger partial charge in [0, 0.05) is 12.3 Å². The van der Waals surface area contributed by atoms with Crippen molar-refractivity contribution in [1.29, 1.82) is 0 Å². The zero-order valence-electron chi connectivity index (χ0n) is 9.60. The van der Waals surface area contributed by atoms with E-state index >= 15 is 0 Å². The smallest absolute Gasteiger partial charge is 0.121 e. The first-order valence-electron chi connectivity index (χ1n) is 5.88. The molecule has 2 unspecified atom stereocenters. The van der Waals surface area contributed by atoms with Crippen LogP contribution >= 0.6 is 0 Å². The first kappa shape index (κ1) is 11.2. The van der Waals surface area contributed by atoms with Gasteiger partial charge in [0.25, 0.3) is 0 Å². The quantitative estimate of drug-likeness (QED) is 0.842. The summed E-state index contributed by atoms with van der Waals surface area (Å²) in [6.45, 7) is 2.80. The minimum absolute atomic E-state index is 0.130. The molecule has 1 aliphatic rings. The van der Waals surface area contributed by atoms with Crippen LogP contribution in [-0.4, -0.2) is 17.8 Å². The lowest BCUT2D eigenvalue weighted by atomic mass is 9.90. The van der Waals surface area contributed by atoms with Crippen molar-refractivity contribution in [3.63, 3.8) is 0 Å². The van der Waals surface area contributed by atoms with Crippen molar-refractivity contribution in [1.82, 2.24) is 0 Å². The van der Waals surface area contributed by atoms with Gasteiger partial charge in [0.15, 0.2) is 0 Å². The number of ether oxygens (including phenoxy) is 1. The molecule has 1 N–H and O–H groups in total. The molecule has 1 aromatic carbocycles. The van der Waals surface area contributed by atoms with Crippen LogP contribution in [0.15, 0.2) is 42.2 Å². The Morgan fingerprint density at radius 1 is 1.31 bits per heavy atom. The second kappa shape index (κ2) is 5.17. The molecule has 2 heteroatoms. The molecule has 2 atom stereocenters. The van der Waals surface area contributed by atoms with E-state index in [4.69, 9.17) is 4.74 Å². The molecule has 1 aliphatic heterocycles. The van der Waals surface area contributed by atoms with Gasteiger partial charge in [-0.3, -0.25) is 0 Å². The lowest BCUT2D eigenvalue weighted by Gasteiger charge is -2.22. The van der Waals surface area contributed by atoms with E-state index in [-0.39, 0.29) is 5.92 Å². The minimum Gasteiger partial charge on any atom is -0.495 e. The van der Waals surface area contributed by atoms with Crippen molar-refractivity contribution >= 4 is 0 Å². The number of rotatable bonds is 4. The lowest BCUT2D eigenvalue weighted by molar-refractivity contribution is 0.0966. The highest BCUT2D eigenvalue weighted by molar-refractivity contribution is 5.24. The summed E-state index contributed by atoms with van der Waals surface area (Å²) in [5.41, 5.74) is 1.17. The summed E-state index contributed by atoms with van der Waals surface area (Å²) in [5.74, 6) is 0.876. The van der Waals surface area contributed by atoms with Gasteiger partial charge in [-0.1, -0.05) is 37.3 Å². The zero-order valence-corrected chi connectivity index (χ0v) is 9.60. The highest BCUT2D eigenvalue weighted by Gasteiger charge is 2.25. The summed E-state index contributed by atoms with van der Waals surface area (Å²) < 4.78 is 5.43. The number of aliphatic hydroxyl groups excluding tert-OH is 1. The molecule has 86 valence electrons. The van der Waals surface area contributed by atoms with E-state index < -0.39 is 6.10 Å². The number of benzene rings is 1. The van der Waals surface area contributed by atoms with Crippen molar-refractivity contribution in [3.05, 3.63) is 47.7 Å². The van der Waals surface area contributed by atoms with Crippen molar-refractivity contribution in [2.45, 2.75) is 31.8 Å². The van der Waals surface area contributed by atoms with Gasteiger partial charge >= 0.3 is 0 Å². The Labute approximate surface area is 96.6 Å². The molecule has 2 nitrogen and oxygen atoms in total. The molecular formula is C14H18O2. The molecule has 0 saturated heterocycles. The molecule has 0 aliphatic carbocycles. The molecule has 0 radical (unpaired) electrons. The summed E-state index contributed by atoms with van der Waals surface area (Å²) in [7, 11) is 0. The Balaban J connectivity index is 2.16. The van der Waals surface area contributed by atoms with Gasteiger partial charge < -0.3 is 9.84 Å². The topological polar surface area (TPSA) is 29.5 Å². The summed E-state index contributed by atoms with van der Waals surface area (Å²) in [6, 6.07) is 10.1. The van der Waals surface area contributed by atoms with Crippen LogP contribution in [0.1, 0.15) is 31.2 Å². The van der Waals surface area contributed by atoms with E-state index in [1.54, 1.807) is 0 Å². The average molecular weight is 218 g/mol. The first-order chi connectivity index (χ1) is 7.83. The highest BCUT2D eigenvalue weighted by atomic mass is 16.5. The zero-order chi connectivity index (χ0) is 11.4. The van der Waals surface area contributed by atoms with Crippen molar-refractivity contribution in [2.24, 2.45) is 0 Å². The fourth-order valence-electron chi connectivity index (χ4n) is 2.18. The van der Waals surface area contributed by atoms with E-state index in [0.29, 0.717) is 6.61 Å². The van der Waals surface area contributed by atoms with Crippen LogP contribution in [0.4, 0.5) is 0 Å². The molecule has 0 amide bonds. The number of hydrogen-bond acceptors (Lipinski definition) is 2. The molecule has 0 fully saturated rings. The molecule has 0 aromatic heterocycles. The molecule has 2 rings (SSSR count). The maximum atomic E-state index is 10.3. The maximum absolute atomic E-state index is 10.3. The molecule has 0 spiro atoms. The van der Waals surface area contributed by atoms with E-state index in [2.05, 4.69) is 19.1 Å². The third-order valence-corrected chi connectivity index (χ3v) is 3.07. The minimum atomic E-state index is -0.505. The van der Waals surface area contributed by atoms with Gasteiger partial charge in [0.1, 0.15) is 11.9 Å². The normalized spacial score (nSPS) is 18.8. The van der Waals surface area contributed by atoms with Gasteiger partial charge in [-0.25, -0.2) is 0 Å². The average Bonchev–Trinajstić information content (AvgIpc) is 2.85. The highest BCUT2D eigenvalue weighted by Crippen LogP contribution is 2.29. The fourth-order valence-corrected chi connectivity index (χ4v) is 2.18. The van der Waals surface area contributed by atoms with Crippen molar-refractivity contribution in [3.8, 4) is 0 Å². The summed E-state index contributed by atoms with van der Waals surface area (Å²) in [6.07, 6.45) is 3.31. The van der Waals surface area contributed by atoms with Gasteiger partial charge in [-0.05, 0) is 18.1 Å². The molecular weight excluding hydrogens is 200 g/mol. The van der Waals surface area contributed by atoms with Gasteiger partial charge in [0.05, 0.1) is 6.61 Å². The molecule has 0 bridgehead atoms.